The van der Waals surface area contributed by atoms with Gasteiger partial charge >= 0.3 is 0 Å². The number of halogens is 1. The zero-order chi connectivity index (χ0) is 20.4. The van der Waals surface area contributed by atoms with Crippen molar-refractivity contribution < 1.29 is 9.18 Å². The Bertz CT molecular complexity index is 1270. The predicted molar refractivity (Wildman–Crippen MR) is 116 cm³/mol. The average molecular weight is 426 g/mol. The van der Waals surface area contributed by atoms with E-state index in [0.717, 1.165) is 23.0 Å². The molecule has 1 N–H and O–H groups in total. The number of aryl methyl sites for hydroxylation is 1. The first-order valence-electron chi connectivity index (χ1n) is 8.78. The summed E-state index contributed by atoms with van der Waals surface area (Å²) >= 11 is 2.48. The van der Waals surface area contributed by atoms with Gasteiger partial charge in [0.1, 0.15) is 10.5 Å². The number of thioether (sulfide) groups is 1. The molecule has 2 heterocycles. The van der Waals surface area contributed by atoms with E-state index >= 15 is 0 Å². The van der Waals surface area contributed by atoms with E-state index in [1.54, 1.807) is 18.2 Å². The van der Waals surface area contributed by atoms with Gasteiger partial charge in [0.15, 0.2) is 5.16 Å². The molecule has 0 aliphatic heterocycles. The van der Waals surface area contributed by atoms with Crippen LogP contribution in [-0.2, 0) is 4.79 Å². The quantitative estimate of drug-likeness (QED) is 0.374. The van der Waals surface area contributed by atoms with Crippen molar-refractivity contribution in [3.63, 3.8) is 0 Å². The van der Waals surface area contributed by atoms with Gasteiger partial charge in [0.25, 0.3) is 5.56 Å². The van der Waals surface area contributed by atoms with Crippen molar-refractivity contribution in [2.45, 2.75) is 12.1 Å². The molecule has 0 bridgehead atoms. The largest absolute Gasteiger partial charge is 0.323 e. The first kappa shape index (κ1) is 19.4. The molecule has 0 saturated carbocycles. The van der Waals surface area contributed by atoms with Crippen LogP contribution in [0, 0.1) is 12.7 Å². The minimum Gasteiger partial charge on any atom is -0.323 e. The van der Waals surface area contributed by atoms with E-state index in [-0.39, 0.29) is 22.9 Å². The van der Waals surface area contributed by atoms with Crippen LogP contribution in [0.5, 0.6) is 0 Å². The lowest BCUT2D eigenvalue weighted by Crippen LogP contribution is -2.23. The summed E-state index contributed by atoms with van der Waals surface area (Å²) in [5.41, 5.74) is 2.19. The highest BCUT2D eigenvalue weighted by atomic mass is 32.2. The lowest BCUT2D eigenvalue weighted by atomic mass is 10.2. The Labute approximate surface area is 174 Å². The highest BCUT2D eigenvalue weighted by Gasteiger charge is 2.17. The number of nitrogens with one attached hydrogen (secondary N) is 1. The number of carbonyl (C=O) groups is 1. The van der Waals surface area contributed by atoms with Crippen molar-refractivity contribution >= 4 is 44.9 Å². The molecule has 0 spiro atoms. The van der Waals surface area contributed by atoms with Crippen molar-refractivity contribution in [3.05, 3.63) is 81.7 Å². The number of para-hydroxylation sites is 2. The molecule has 8 heteroatoms. The molecule has 0 fully saturated rings. The molecule has 1 amide bonds. The van der Waals surface area contributed by atoms with Crippen LogP contribution in [0.2, 0.25) is 0 Å². The van der Waals surface area contributed by atoms with Gasteiger partial charge in [-0.3, -0.25) is 14.2 Å². The highest BCUT2D eigenvalue weighted by molar-refractivity contribution is 7.99. The van der Waals surface area contributed by atoms with E-state index in [1.165, 1.54) is 28.0 Å². The molecule has 2 aromatic carbocycles. The zero-order valence-corrected chi connectivity index (χ0v) is 17.0. The van der Waals surface area contributed by atoms with Gasteiger partial charge < -0.3 is 5.32 Å². The van der Waals surface area contributed by atoms with Gasteiger partial charge in [0.05, 0.1) is 22.6 Å². The second-order valence-electron chi connectivity index (χ2n) is 6.27. The van der Waals surface area contributed by atoms with Crippen LogP contribution in [0.1, 0.15) is 5.56 Å². The predicted octanol–water partition coefficient (Wildman–Crippen LogP) is 4.63. The van der Waals surface area contributed by atoms with Crippen molar-refractivity contribution in [1.29, 1.82) is 0 Å². The number of carbonyl (C=O) groups excluding carboxylic acids is 1. The van der Waals surface area contributed by atoms with Gasteiger partial charge in [-0.15, -0.1) is 11.3 Å². The Hall–Kier alpha value is -2.97. The Morgan fingerprint density at radius 3 is 2.72 bits per heavy atom. The number of amides is 1. The Morgan fingerprint density at radius 1 is 1.17 bits per heavy atom. The molecule has 0 aliphatic rings. The summed E-state index contributed by atoms with van der Waals surface area (Å²) < 4.78 is 15.9. The van der Waals surface area contributed by atoms with Gasteiger partial charge in [-0.25, -0.2) is 9.37 Å². The van der Waals surface area contributed by atoms with Crippen LogP contribution in [0.15, 0.2) is 69.9 Å². The molecule has 2 aromatic heterocycles. The Morgan fingerprint density at radius 2 is 1.93 bits per heavy atom. The highest BCUT2D eigenvalue weighted by Crippen LogP contribution is 2.25. The maximum atomic E-state index is 13.8. The van der Waals surface area contributed by atoms with Gasteiger partial charge in [0, 0.05) is 0 Å². The minimum atomic E-state index is -0.500. The molecule has 0 radical (unpaired) electrons. The minimum absolute atomic E-state index is 0.0116. The number of hydrogen-bond donors (Lipinski definition) is 1. The van der Waals surface area contributed by atoms with Crippen molar-refractivity contribution in [2.75, 3.05) is 11.1 Å². The molecular weight excluding hydrogens is 409 g/mol. The van der Waals surface area contributed by atoms with Crippen LogP contribution in [0.3, 0.4) is 0 Å². The molecule has 146 valence electrons. The molecule has 0 unspecified atom stereocenters. The second kappa shape index (κ2) is 8.18. The van der Waals surface area contributed by atoms with Crippen LogP contribution >= 0.6 is 23.1 Å². The molecule has 5 nitrogen and oxygen atoms in total. The van der Waals surface area contributed by atoms with Crippen LogP contribution in [0.25, 0.3) is 15.9 Å². The second-order valence-corrected chi connectivity index (χ2v) is 8.13. The summed E-state index contributed by atoms with van der Waals surface area (Å²) in [6, 6.07) is 15.3. The van der Waals surface area contributed by atoms with Crippen molar-refractivity contribution in [1.82, 2.24) is 9.55 Å². The molecule has 0 aliphatic carbocycles. The monoisotopic (exact) mass is 425 g/mol. The normalized spacial score (nSPS) is 11.0. The fourth-order valence-corrected chi connectivity index (χ4v) is 4.46. The summed E-state index contributed by atoms with van der Waals surface area (Å²) in [4.78, 5) is 30.0. The van der Waals surface area contributed by atoms with Gasteiger partial charge in [-0.1, -0.05) is 42.1 Å². The Balaban J connectivity index is 1.67. The first-order valence-corrected chi connectivity index (χ1v) is 10.6. The maximum absolute atomic E-state index is 13.8. The number of fused-ring (bicyclic) bond motifs is 1. The number of hydrogen-bond acceptors (Lipinski definition) is 5. The molecule has 29 heavy (non-hydrogen) atoms. The molecule has 0 atom stereocenters. The molecule has 4 aromatic rings. The summed E-state index contributed by atoms with van der Waals surface area (Å²) in [6.45, 7) is 1.92. The SMILES string of the molecule is Cc1ccccc1-n1c(SCC(=O)Nc2ccccc2F)nc2ccsc2c1=O. The average Bonchev–Trinajstić information content (AvgIpc) is 3.18. The third kappa shape index (κ3) is 3.94. The molecular formula is C21H16FN3O2S2. The standard InChI is InChI=1S/C21H16FN3O2S2/c1-13-6-2-5-9-17(13)25-20(27)19-16(10-11-28-19)24-21(25)29-12-18(26)23-15-8-4-3-7-14(15)22/h2-11H,12H2,1H3,(H,23,26). The number of thiophene rings is 1. The summed E-state index contributed by atoms with van der Waals surface area (Å²) in [5, 5.41) is 4.79. The van der Waals surface area contributed by atoms with E-state index in [1.807, 2.05) is 36.6 Å². The number of nitrogens with zero attached hydrogens (tertiary/aromatic N) is 2. The van der Waals surface area contributed by atoms with Gasteiger partial charge in [-0.05, 0) is 42.1 Å². The van der Waals surface area contributed by atoms with E-state index in [4.69, 9.17) is 0 Å². The third-order valence-electron chi connectivity index (χ3n) is 4.29. The van der Waals surface area contributed by atoms with E-state index in [9.17, 15) is 14.0 Å². The Kier molecular flexibility index (Phi) is 5.46. The third-order valence-corrected chi connectivity index (χ3v) is 6.12. The zero-order valence-electron chi connectivity index (χ0n) is 15.4. The summed E-state index contributed by atoms with van der Waals surface area (Å²) in [7, 11) is 0. The van der Waals surface area contributed by atoms with E-state index < -0.39 is 5.82 Å². The maximum Gasteiger partial charge on any atom is 0.276 e. The number of rotatable bonds is 5. The lowest BCUT2D eigenvalue weighted by molar-refractivity contribution is -0.113. The molecule has 4 rings (SSSR count). The topological polar surface area (TPSA) is 64.0 Å². The van der Waals surface area contributed by atoms with E-state index in [0.29, 0.717) is 15.4 Å². The fourth-order valence-electron chi connectivity index (χ4n) is 2.89. The number of aromatic nitrogens is 2. The number of anilines is 1. The van der Waals surface area contributed by atoms with Crippen LogP contribution in [0.4, 0.5) is 10.1 Å². The van der Waals surface area contributed by atoms with Crippen molar-refractivity contribution in [3.8, 4) is 5.69 Å². The molecule has 0 saturated heterocycles. The number of benzene rings is 2. The van der Waals surface area contributed by atoms with Gasteiger partial charge in [0.2, 0.25) is 5.91 Å². The van der Waals surface area contributed by atoms with Crippen LogP contribution in [-0.4, -0.2) is 21.2 Å². The fraction of sp³-hybridized carbons (Fsp3) is 0.0952. The summed E-state index contributed by atoms with van der Waals surface area (Å²) in [5.74, 6) is -0.890. The van der Waals surface area contributed by atoms with Gasteiger partial charge in [-0.2, -0.15) is 0 Å². The van der Waals surface area contributed by atoms with E-state index in [2.05, 4.69) is 10.3 Å². The van der Waals surface area contributed by atoms with Crippen LogP contribution < -0.4 is 10.9 Å². The smallest absolute Gasteiger partial charge is 0.276 e. The first-order chi connectivity index (χ1) is 14.0. The lowest BCUT2D eigenvalue weighted by Gasteiger charge is -2.14. The summed E-state index contributed by atoms with van der Waals surface area (Å²) in [6.07, 6.45) is 0. The van der Waals surface area contributed by atoms with Crippen molar-refractivity contribution in [2.24, 2.45) is 0 Å².